The zero-order valence-corrected chi connectivity index (χ0v) is 12.0. The van der Waals surface area contributed by atoms with Crippen molar-refractivity contribution in [3.05, 3.63) is 22.4 Å². The van der Waals surface area contributed by atoms with Crippen molar-refractivity contribution in [3.8, 4) is 0 Å². The van der Waals surface area contributed by atoms with Gasteiger partial charge in [0.15, 0.2) is 0 Å². The Morgan fingerprint density at radius 3 is 2.84 bits per heavy atom. The van der Waals surface area contributed by atoms with Crippen LogP contribution < -0.4 is 10.6 Å². The molecule has 0 radical (unpaired) electrons. The molecule has 104 valence electrons. The molecule has 0 spiro atoms. The van der Waals surface area contributed by atoms with Gasteiger partial charge in [0.05, 0.1) is 11.4 Å². The first-order valence-corrected chi connectivity index (χ1v) is 7.66. The number of rotatable bonds is 4. The van der Waals surface area contributed by atoms with Gasteiger partial charge in [-0.25, -0.2) is 0 Å². The summed E-state index contributed by atoms with van der Waals surface area (Å²) >= 11 is 1.38. The van der Waals surface area contributed by atoms with E-state index in [0.717, 1.165) is 6.42 Å². The van der Waals surface area contributed by atoms with Crippen LogP contribution >= 0.6 is 11.3 Å². The van der Waals surface area contributed by atoms with Crippen molar-refractivity contribution >= 4 is 23.2 Å². The third kappa shape index (κ3) is 4.06. The molecule has 1 heterocycles. The first-order valence-electron chi connectivity index (χ1n) is 6.78. The van der Waals surface area contributed by atoms with E-state index < -0.39 is 0 Å². The lowest BCUT2D eigenvalue weighted by Crippen LogP contribution is -2.45. The van der Waals surface area contributed by atoms with E-state index in [9.17, 15) is 9.59 Å². The maximum Gasteiger partial charge on any atom is 0.261 e. The lowest BCUT2D eigenvalue weighted by molar-refractivity contribution is -0.121. The Morgan fingerprint density at radius 1 is 1.37 bits per heavy atom. The van der Waals surface area contributed by atoms with Crippen molar-refractivity contribution < 1.29 is 9.59 Å². The van der Waals surface area contributed by atoms with Crippen LogP contribution in [0.1, 0.15) is 42.3 Å². The Labute approximate surface area is 117 Å². The zero-order chi connectivity index (χ0) is 13.7. The Bertz CT molecular complexity index is 431. The number of carbonyl (C=O) groups is 2. The minimum absolute atomic E-state index is 0.0555. The van der Waals surface area contributed by atoms with Crippen molar-refractivity contribution in [1.82, 2.24) is 10.6 Å². The molecule has 0 bridgehead atoms. The summed E-state index contributed by atoms with van der Waals surface area (Å²) in [5, 5.41) is 7.51. The SMILES string of the molecule is C[C@@H]1CCCC[C@@H]1NC(=O)CNC(=O)c1cccs1. The summed E-state index contributed by atoms with van der Waals surface area (Å²) in [5.41, 5.74) is 0. The summed E-state index contributed by atoms with van der Waals surface area (Å²) in [7, 11) is 0. The molecule has 0 saturated heterocycles. The van der Waals surface area contributed by atoms with Gasteiger partial charge in [-0.05, 0) is 30.2 Å². The zero-order valence-electron chi connectivity index (χ0n) is 11.1. The van der Waals surface area contributed by atoms with Gasteiger partial charge in [-0.15, -0.1) is 11.3 Å². The molecule has 1 aromatic heterocycles. The van der Waals surface area contributed by atoms with Crippen LogP contribution in [0.3, 0.4) is 0 Å². The number of thiophene rings is 1. The maximum atomic E-state index is 11.8. The molecular weight excluding hydrogens is 260 g/mol. The highest BCUT2D eigenvalue weighted by Gasteiger charge is 2.22. The topological polar surface area (TPSA) is 58.2 Å². The molecule has 2 N–H and O–H groups in total. The van der Waals surface area contributed by atoms with Crippen molar-refractivity contribution in [2.75, 3.05) is 6.54 Å². The predicted octanol–water partition coefficient (Wildman–Crippen LogP) is 2.17. The molecule has 1 saturated carbocycles. The average Bonchev–Trinajstić information content (AvgIpc) is 2.93. The fourth-order valence-electron chi connectivity index (χ4n) is 2.44. The molecule has 4 nitrogen and oxygen atoms in total. The second-order valence-electron chi connectivity index (χ2n) is 5.10. The van der Waals surface area contributed by atoms with Crippen LogP contribution in [0.2, 0.25) is 0 Å². The van der Waals surface area contributed by atoms with Crippen molar-refractivity contribution in [2.24, 2.45) is 5.92 Å². The van der Waals surface area contributed by atoms with Gasteiger partial charge in [-0.1, -0.05) is 25.8 Å². The van der Waals surface area contributed by atoms with Gasteiger partial charge in [-0.2, -0.15) is 0 Å². The number of hydrogen-bond donors (Lipinski definition) is 2. The maximum absolute atomic E-state index is 11.8. The minimum atomic E-state index is -0.179. The Morgan fingerprint density at radius 2 is 2.16 bits per heavy atom. The fraction of sp³-hybridized carbons (Fsp3) is 0.571. The lowest BCUT2D eigenvalue weighted by Gasteiger charge is -2.29. The van der Waals surface area contributed by atoms with Crippen LogP contribution in [0.15, 0.2) is 17.5 Å². The first-order chi connectivity index (χ1) is 9.16. The molecule has 2 atom stereocenters. The molecule has 1 aliphatic rings. The number of nitrogens with one attached hydrogen (secondary N) is 2. The van der Waals surface area contributed by atoms with E-state index in [0.29, 0.717) is 10.8 Å². The molecule has 19 heavy (non-hydrogen) atoms. The molecule has 1 aliphatic carbocycles. The van der Waals surface area contributed by atoms with Crippen LogP contribution in [0, 0.1) is 5.92 Å². The summed E-state index contributed by atoms with van der Waals surface area (Å²) in [4.78, 5) is 24.1. The standard InChI is InChI=1S/C14H20N2O2S/c1-10-5-2-3-6-11(10)16-13(17)9-15-14(18)12-7-4-8-19-12/h4,7-8,10-11H,2-3,5-6,9H2,1H3,(H,15,18)(H,16,17)/t10-,11+/m1/s1. The van der Waals surface area contributed by atoms with Gasteiger partial charge < -0.3 is 10.6 Å². The number of amides is 2. The van der Waals surface area contributed by atoms with Gasteiger partial charge in [0.25, 0.3) is 5.91 Å². The van der Waals surface area contributed by atoms with Crippen LogP contribution in [0.5, 0.6) is 0 Å². The summed E-state index contributed by atoms with van der Waals surface area (Å²) in [6.45, 7) is 2.23. The Kier molecular flexibility index (Phi) is 4.96. The van der Waals surface area contributed by atoms with Crippen molar-refractivity contribution in [1.29, 1.82) is 0 Å². The molecule has 1 aromatic rings. The molecule has 1 fully saturated rings. The van der Waals surface area contributed by atoms with E-state index in [1.807, 2.05) is 11.4 Å². The molecular formula is C14H20N2O2S. The van der Waals surface area contributed by atoms with E-state index in [1.165, 1.54) is 30.6 Å². The highest BCUT2D eigenvalue weighted by molar-refractivity contribution is 7.12. The Balaban J connectivity index is 1.74. The molecule has 0 aliphatic heterocycles. The van der Waals surface area contributed by atoms with Gasteiger partial charge in [0, 0.05) is 6.04 Å². The third-order valence-electron chi connectivity index (χ3n) is 3.61. The van der Waals surface area contributed by atoms with Gasteiger partial charge >= 0.3 is 0 Å². The second-order valence-corrected chi connectivity index (χ2v) is 6.04. The van der Waals surface area contributed by atoms with E-state index in [2.05, 4.69) is 17.6 Å². The molecule has 2 rings (SSSR count). The van der Waals surface area contributed by atoms with E-state index >= 15 is 0 Å². The number of hydrogen-bond acceptors (Lipinski definition) is 3. The summed E-state index contributed by atoms with van der Waals surface area (Å²) in [5.74, 6) is 0.260. The van der Waals surface area contributed by atoms with Crippen LogP contribution in [-0.2, 0) is 4.79 Å². The molecule has 5 heteroatoms. The fourth-order valence-corrected chi connectivity index (χ4v) is 3.08. The summed E-state index contributed by atoms with van der Waals surface area (Å²) in [6, 6.07) is 3.84. The average molecular weight is 280 g/mol. The lowest BCUT2D eigenvalue weighted by atomic mass is 9.86. The summed E-state index contributed by atoms with van der Waals surface area (Å²) < 4.78 is 0. The smallest absolute Gasteiger partial charge is 0.261 e. The molecule has 0 aromatic carbocycles. The minimum Gasteiger partial charge on any atom is -0.352 e. The van der Waals surface area contributed by atoms with Crippen LogP contribution in [-0.4, -0.2) is 24.4 Å². The second kappa shape index (κ2) is 6.70. The number of carbonyl (C=O) groups excluding carboxylic acids is 2. The predicted molar refractivity (Wildman–Crippen MR) is 76.2 cm³/mol. The van der Waals surface area contributed by atoms with Crippen LogP contribution in [0.25, 0.3) is 0 Å². The molecule has 0 unspecified atom stereocenters. The highest BCUT2D eigenvalue weighted by atomic mass is 32.1. The molecule has 2 amide bonds. The summed E-state index contributed by atoms with van der Waals surface area (Å²) in [6.07, 6.45) is 4.65. The first kappa shape index (κ1) is 14.1. The van der Waals surface area contributed by atoms with Gasteiger partial charge in [0.1, 0.15) is 0 Å². The van der Waals surface area contributed by atoms with E-state index in [1.54, 1.807) is 6.07 Å². The van der Waals surface area contributed by atoms with Gasteiger partial charge in [0.2, 0.25) is 5.91 Å². The third-order valence-corrected chi connectivity index (χ3v) is 4.48. The van der Waals surface area contributed by atoms with Gasteiger partial charge in [-0.3, -0.25) is 9.59 Å². The Hall–Kier alpha value is -1.36. The van der Waals surface area contributed by atoms with Crippen molar-refractivity contribution in [3.63, 3.8) is 0 Å². The largest absolute Gasteiger partial charge is 0.352 e. The van der Waals surface area contributed by atoms with E-state index in [4.69, 9.17) is 0 Å². The monoisotopic (exact) mass is 280 g/mol. The normalized spacial score (nSPS) is 22.8. The van der Waals surface area contributed by atoms with Crippen molar-refractivity contribution in [2.45, 2.75) is 38.6 Å². The van der Waals surface area contributed by atoms with Crippen LogP contribution in [0.4, 0.5) is 0 Å². The highest BCUT2D eigenvalue weighted by Crippen LogP contribution is 2.23. The van der Waals surface area contributed by atoms with E-state index in [-0.39, 0.29) is 24.4 Å². The quantitative estimate of drug-likeness (QED) is 0.888.